The van der Waals surface area contributed by atoms with Gasteiger partial charge in [-0.2, -0.15) is 0 Å². The van der Waals surface area contributed by atoms with Crippen molar-refractivity contribution in [2.24, 2.45) is 0 Å². The molecule has 0 unspecified atom stereocenters. The van der Waals surface area contributed by atoms with Crippen molar-refractivity contribution < 1.29 is 9.47 Å². The van der Waals surface area contributed by atoms with Gasteiger partial charge < -0.3 is 14.4 Å². The van der Waals surface area contributed by atoms with Gasteiger partial charge in [-0.05, 0) is 48.7 Å². The van der Waals surface area contributed by atoms with E-state index in [0.29, 0.717) is 0 Å². The first kappa shape index (κ1) is 12.9. The van der Waals surface area contributed by atoms with Crippen LogP contribution in [0.1, 0.15) is 11.1 Å². The van der Waals surface area contributed by atoms with E-state index in [0.717, 1.165) is 24.5 Å². The molecule has 20 heavy (non-hydrogen) atoms. The average Bonchev–Trinajstić information content (AvgIpc) is 2.89. The number of nitrogens with zero attached hydrogens (tertiary/aromatic N) is 1. The fraction of sp³-hybridized carbons (Fsp3) is 0.294. The second-order valence-corrected chi connectivity index (χ2v) is 5.05. The second-order valence-electron chi connectivity index (χ2n) is 5.05. The monoisotopic (exact) mass is 269 g/mol. The van der Waals surface area contributed by atoms with Crippen LogP contribution in [0.15, 0.2) is 36.4 Å². The highest BCUT2D eigenvalue weighted by Crippen LogP contribution is 2.38. The number of aryl methyl sites for hydroxylation is 1. The first-order valence-electron chi connectivity index (χ1n) is 6.82. The maximum atomic E-state index is 5.44. The fourth-order valence-corrected chi connectivity index (χ4v) is 2.79. The van der Waals surface area contributed by atoms with E-state index in [-0.39, 0.29) is 0 Å². The summed E-state index contributed by atoms with van der Waals surface area (Å²) < 4.78 is 10.7. The lowest BCUT2D eigenvalue weighted by molar-refractivity contribution is 0.412. The SMILES string of the molecule is COc1ccc(N2CCc3cc(C)c(OC)cc32)cc1. The van der Waals surface area contributed by atoms with E-state index in [1.54, 1.807) is 14.2 Å². The summed E-state index contributed by atoms with van der Waals surface area (Å²) in [5.41, 5.74) is 5.02. The molecule has 0 aliphatic carbocycles. The van der Waals surface area contributed by atoms with Crippen LogP contribution in [-0.2, 0) is 6.42 Å². The second kappa shape index (κ2) is 5.08. The van der Waals surface area contributed by atoms with Crippen LogP contribution in [0.3, 0.4) is 0 Å². The Morgan fingerprint density at radius 2 is 1.75 bits per heavy atom. The van der Waals surface area contributed by atoms with Crippen LogP contribution in [-0.4, -0.2) is 20.8 Å². The maximum absolute atomic E-state index is 5.44. The van der Waals surface area contributed by atoms with Gasteiger partial charge in [0, 0.05) is 24.0 Å². The minimum absolute atomic E-state index is 0.884. The van der Waals surface area contributed by atoms with Crippen LogP contribution in [0.25, 0.3) is 0 Å². The molecule has 3 rings (SSSR count). The van der Waals surface area contributed by atoms with Gasteiger partial charge in [0.2, 0.25) is 0 Å². The Balaban J connectivity index is 1.99. The third kappa shape index (κ3) is 2.09. The Bertz CT molecular complexity index is 620. The van der Waals surface area contributed by atoms with Gasteiger partial charge in [0.15, 0.2) is 0 Å². The largest absolute Gasteiger partial charge is 0.497 e. The summed E-state index contributed by atoms with van der Waals surface area (Å²) >= 11 is 0. The van der Waals surface area contributed by atoms with E-state index < -0.39 is 0 Å². The van der Waals surface area contributed by atoms with Crippen LogP contribution < -0.4 is 14.4 Å². The Morgan fingerprint density at radius 3 is 2.40 bits per heavy atom. The molecular weight excluding hydrogens is 250 g/mol. The first-order valence-corrected chi connectivity index (χ1v) is 6.82. The zero-order chi connectivity index (χ0) is 14.1. The van der Waals surface area contributed by atoms with Crippen molar-refractivity contribution in [3.8, 4) is 11.5 Å². The van der Waals surface area contributed by atoms with E-state index in [1.165, 1.54) is 22.5 Å². The highest BCUT2D eigenvalue weighted by Gasteiger charge is 2.22. The Kier molecular flexibility index (Phi) is 3.26. The molecule has 104 valence electrons. The van der Waals surface area contributed by atoms with Gasteiger partial charge in [-0.15, -0.1) is 0 Å². The molecular formula is C17H19NO2. The molecule has 0 bridgehead atoms. The summed E-state index contributed by atoms with van der Waals surface area (Å²) in [6.07, 6.45) is 1.08. The van der Waals surface area contributed by atoms with E-state index in [2.05, 4.69) is 36.1 Å². The standard InChI is InChI=1S/C17H19NO2/c1-12-10-13-8-9-18(16(13)11-17(12)20-3)14-4-6-15(19-2)7-5-14/h4-7,10-11H,8-9H2,1-3H3. The lowest BCUT2D eigenvalue weighted by Crippen LogP contribution is -2.13. The van der Waals surface area contributed by atoms with Gasteiger partial charge in [0.05, 0.1) is 14.2 Å². The molecule has 1 aliphatic heterocycles. The fourth-order valence-electron chi connectivity index (χ4n) is 2.79. The molecule has 2 aromatic carbocycles. The summed E-state index contributed by atoms with van der Waals surface area (Å²) in [6.45, 7) is 3.10. The highest BCUT2D eigenvalue weighted by molar-refractivity contribution is 5.72. The predicted molar refractivity (Wildman–Crippen MR) is 81.4 cm³/mol. The number of anilines is 2. The zero-order valence-corrected chi connectivity index (χ0v) is 12.1. The minimum Gasteiger partial charge on any atom is -0.497 e. The van der Waals surface area contributed by atoms with E-state index in [4.69, 9.17) is 9.47 Å². The number of methoxy groups -OCH3 is 2. The lowest BCUT2D eigenvalue weighted by atomic mass is 10.1. The van der Waals surface area contributed by atoms with Crippen LogP contribution in [0.2, 0.25) is 0 Å². The van der Waals surface area contributed by atoms with Crippen molar-refractivity contribution in [2.75, 3.05) is 25.7 Å². The molecule has 2 aromatic rings. The number of rotatable bonds is 3. The number of fused-ring (bicyclic) bond motifs is 1. The molecule has 0 N–H and O–H groups in total. The molecule has 0 saturated heterocycles. The van der Waals surface area contributed by atoms with Gasteiger partial charge in [-0.1, -0.05) is 6.07 Å². The molecule has 0 fully saturated rings. The number of benzene rings is 2. The van der Waals surface area contributed by atoms with Crippen molar-refractivity contribution >= 4 is 11.4 Å². The Labute approximate surface area is 119 Å². The highest BCUT2D eigenvalue weighted by atomic mass is 16.5. The molecule has 0 amide bonds. The molecule has 1 heterocycles. The molecule has 0 radical (unpaired) electrons. The van der Waals surface area contributed by atoms with Crippen molar-refractivity contribution in [3.63, 3.8) is 0 Å². The third-order valence-electron chi connectivity index (χ3n) is 3.88. The predicted octanol–water partition coefficient (Wildman–Crippen LogP) is 3.71. The van der Waals surface area contributed by atoms with Gasteiger partial charge in [-0.25, -0.2) is 0 Å². The molecule has 0 aromatic heterocycles. The Hall–Kier alpha value is -2.16. The molecule has 3 heteroatoms. The zero-order valence-electron chi connectivity index (χ0n) is 12.1. The minimum atomic E-state index is 0.884. The number of hydrogen-bond donors (Lipinski definition) is 0. The quantitative estimate of drug-likeness (QED) is 0.848. The summed E-state index contributed by atoms with van der Waals surface area (Å²) in [5, 5.41) is 0. The summed E-state index contributed by atoms with van der Waals surface area (Å²) in [6, 6.07) is 12.6. The Morgan fingerprint density at radius 1 is 1.00 bits per heavy atom. The molecule has 0 atom stereocenters. The number of ether oxygens (including phenoxy) is 2. The van der Waals surface area contributed by atoms with E-state index >= 15 is 0 Å². The summed E-state index contributed by atoms with van der Waals surface area (Å²) in [7, 11) is 3.41. The van der Waals surface area contributed by atoms with Crippen LogP contribution in [0, 0.1) is 6.92 Å². The van der Waals surface area contributed by atoms with Crippen LogP contribution in [0.4, 0.5) is 11.4 Å². The summed E-state index contributed by atoms with van der Waals surface area (Å²) in [4.78, 5) is 2.33. The normalized spacial score (nSPS) is 13.2. The van der Waals surface area contributed by atoms with Crippen molar-refractivity contribution in [3.05, 3.63) is 47.5 Å². The van der Waals surface area contributed by atoms with Crippen molar-refractivity contribution in [1.82, 2.24) is 0 Å². The molecule has 0 saturated carbocycles. The molecule has 3 nitrogen and oxygen atoms in total. The van der Waals surface area contributed by atoms with Gasteiger partial charge in [-0.3, -0.25) is 0 Å². The van der Waals surface area contributed by atoms with Crippen LogP contribution in [0.5, 0.6) is 11.5 Å². The maximum Gasteiger partial charge on any atom is 0.123 e. The average molecular weight is 269 g/mol. The van der Waals surface area contributed by atoms with Crippen LogP contribution >= 0.6 is 0 Å². The van der Waals surface area contributed by atoms with Gasteiger partial charge in [0.25, 0.3) is 0 Å². The molecule has 1 aliphatic rings. The van der Waals surface area contributed by atoms with Gasteiger partial charge >= 0.3 is 0 Å². The van der Waals surface area contributed by atoms with Gasteiger partial charge in [0.1, 0.15) is 11.5 Å². The first-order chi connectivity index (χ1) is 9.72. The smallest absolute Gasteiger partial charge is 0.123 e. The topological polar surface area (TPSA) is 21.7 Å². The number of hydrogen-bond acceptors (Lipinski definition) is 3. The van der Waals surface area contributed by atoms with Crippen molar-refractivity contribution in [1.29, 1.82) is 0 Å². The van der Waals surface area contributed by atoms with E-state index in [9.17, 15) is 0 Å². The third-order valence-corrected chi connectivity index (χ3v) is 3.88. The summed E-state index contributed by atoms with van der Waals surface area (Å²) in [5.74, 6) is 1.83. The van der Waals surface area contributed by atoms with E-state index in [1.807, 2.05) is 12.1 Å². The van der Waals surface area contributed by atoms with Crippen molar-refractivity contribution in [2.45, 2.75) is 13.3 Å². The molecule has 0 spiro atoms. The lowest BCUT2D eigenvalue weighted by Gasteiger charge is -2.20.